The average molecular weight is 328 g/mol. The Balaban J connectivity index is 2.14. The Hall–Kier alpha value is -1.24. The molecule has 0 aliphatic carbocycles. The number of hydrogen-bond acceptors (Lipinski definition) is 3. The maximum absolute atomic E-state index is 13.1. The van der Waals surface area contributed by atoms with Crippen LogP contribution in [0, 0.1) is 5.82 Å². The second-order valence-corrected chi connectivity index (χ2v) is 4.92. The van der Waals surface area contributed by atoms with E-state index in [1.165, 1.54) is 12.1 Å². The Kier molecular flexibility index (Phi) is 5.07. The van der Waals surface area contributed by atoms with Crippen molar-refractivity contribution >= 4 is 15.9 Å². The highest BCUT2D eigenvalue weighted by molar-refractivity contribution is 9.10. The molecule has 0 amide bonds. The van der Waals surface area contributed by atoms with E-state index in [4.69, 9.17) is 4.74 Å². The summed E-state index contributed by atoms with van der Waals surface area (Å²) in [5.74, 6) is -0.269. The molecule has 2 rings (SSSR count). The molecule has 19 heavy (non-hydrogen) atoms. The summed E-state index contributed by atoms with van der Waals surface area (Å²) in [6.45, 7) is 2.11. The lowest BCUT2D eigenvalue weighted by Crippen LogP contribution is -2.18. The summed E-state index contributed by atoms with van der Waals surface area (Å²) in [7, 11) is 1.67. The van der Waals surface area contributed by atoms with Crippen LogP contribution in [0.15, 0.2) is 28.9 Å². The summed E-state index contributed by atoms with van der Waals surface area (Å²) in [5, 5.41) is 10.3. The highest BCUT2D eigenvalue weighted by Gasteiger charge is 2.11. The van der Waals surface area contributed by atoms with E-state index >= 15 is 0 Å². The number of benzene rings is 1. The van der Waals surface area contributed by atoms with Crippen molar-refractivity contribution in [3.63, 3.8) is 0 Å². The normalized spacial score (nSPS) is 10.9. The zero-order chi connectivity index (χ0) is 13.7. The van der Waals surface area contributed by atoms with Crippen molar-refractivity contribution in [3.05, 3.63) is 40.2 Å². The third kappa shape index (κ3) is 3.62. The van der Waals surface area contributed by atoms with Crippen molar-refractivity contribution < 1.29 is 9.13 Å². The first-order valence-corrected chi connectivity index (χ1v) is 6.69. The second kappa shape index (κ2) is 6.79. The third-order valence-electron chi connectivity index (χ3n) is 2.72. The number of aromatic amines is 1. The van der Waals surface area contributed by atoms with Crippen molar-refractivity contribution in [1.82, 2.24) is 15.5 Å². The van der Waals surface area contributed by atoms with Gasteiger partial charge in [0.05, 0.1) is 18.5 Å². The van der Waals surface area contributed by atoms with Gasteiger partial charge in [0.25, 0.3) is 0 Å². The van der Waals surface area contributed by atoms with Gasteiger partial charge in [-0.05, 0) is 34.1 Å². The van der Waals surface area contributed by atoms with Crippen molar-refractivity contribution in [3.8, 4) is 11.3 Å². The quantitative estimate of drug-likeness (QED) is 0.802. The molecule has 0 unspecified atom stereocenters. The summed E-state index contributed by atoms with van der Waals surface area (Å²) >= 11 is 3.37. The molecule has 1 aromatic heterocycles. The number of ether oxygens (including phenoxy) is 1. The SMILES string of the molecule is COCCNCc1cn[nH]c1-c1ccc(F)cc1Br. The lowest BCUT2D eigenvalue weighted by molar-refractivity contribution is 0.199. The van der Waals surface area contributed by atoms with Gasteiger partial charge in [-0.25, -0.2) is 4.39 Å². The van der Waals surface area contributed by atoms with Gasteiger partial charge in [-0.3, -0.25) is 5.10 Å². The molecule has 0 aliphatic rings. The Morgan fingerprint density at radius 3 is 3.05 bits per heavy atom. The Labute approximate surface area is 119 Å². The van der Waals surface area contributed by atoms with Crippen molar-refractivity contribution in [2.24, 2.45) is 0 Å². The fourth-order valence-electron chi connectivity index (χ4n) is 1.77. The predicted octanol–water partition coefficient (Wildman–Crippen LogP) is 2.71. The van der Waals surface area contributed by atoms with Crippen molar-refractivity contribution in [2.45, 2.75) is 6.54 Å². The van der Waals surface area contributed by atoms with Gasteiger partial charge >= 0.3 is 0 Å². The lowest BCUT2D eigenvalue weighted by atomic mass is 10.1. The van der Waals surface area contributed by atoms with Crippen LogP contribution < -0.4 is 5.32 Å². The second-order valence-electron chi connectivity index (χ2n) is 4.06. The molecule has 1 aromatic carbocycles. The van der Waals surface area contributed by atoms with Crippen LogP contribution >= 0.6 is 15.9 Å². The molecular formula is C13H15BrFN3O. The van der Waals surface area contributed by atoms with Gasteiger partial charge in [-0.2, -0.15) is 5.10 Å². The van der Waals surface area contributed by atoms with Crippen LogP contribution in [0.2, 0.25) is 0 Å². The van der Waals surface area contributed by atoms with Crippen LogP contribution in [-0.2, 0) is 11.3 Å². The van der Waals surface area contributed by atoms with E-state index in [1.807, 2.05) is 0 Å². The van der Waals surface area contributed by atoms with Gasteiger partial charge < -0.3 is 10.1 Å². The van der Waals surface area contributed by atoms with Gasteiger partial charge in [-0.1, -0.05) is 0 Å². The fraction of sp³-hybridized carbons (Fsp3) is 0.308. The van der Waals surface area contributed by atoms with E-state index in [-0.39, 0.29) is 5.82 Å². The standard InChI is InChI=1S/C13H15BrFN3O/c1-19-5-4-16-7-9-8-17-18-13(9)11-3-2-10(15)6-12(11)14/h2-3,6,8,16H,4-5,7H2,1H3,(H,17,18). The van der Waals surface area contributed by atoms with E-state index in [2.05, 4.69) is 31.4 Å². The molecule has 4 nitrogen and oxygen atoms in total. The maximum atomic E-state index is 13.1. The van der Waals surface area contributed by atoms with Gasteiger partial charge in [0.15, 0.2) is 0 Å². The molecular weight excluding hydrogens is 313 g/mol. The van der Waals surface area contributed by atoms with Crippen LogP contribution in [0.1, 0.15) is 5.56 Å². The number of aromatic nitrogens is 2. The minimum atomic E-state index is -0.269. The summed E-state index contributed by atoms with van der Waals surface area (Å²) in [4.78, 5) is 0. The molecule has 6 heteroatoms. The van der Waals surface area contributed by atoms with Gasteiger partial charge in [0.1, 0.15) is 5.82 Å². The first-order valence-electron chi connectivity index (χ1n) is 5.89. The van der Waals surface area contributed by atoms with Crippen molar-refractivity contribution in [1.29, 1.82) is 0 Å². The molecule has 0 fully saturated rings. The Bertz CT molecular complexity index is 544. The molecule has 0 atom stereocenters. The maximum Gasteiger partial charge on any atom is 0.124 e. The molecule has 0 aliphatic heterocycles. The molecule has 1 heterocycles. The van der Waals surface area contributed by atoms with Gasteiger partial charge in [0, 0.05) is 35.8 Å². The minimum Gasteiger partial charge on any atom is -0.383 e. The van der Waals surface area contributed by atoms with Crippen LogP contribution in [0.5, 0.6) is 0 Å². The van der Waals surface area contributed by atoms with E-state index in [0.717, 1.165) is 23.4 Å². The molecule has 2 N–H and O–H groups in total. The van der Waals surface area contributed by atoms with Crippen molar-refractivity contribution in [2.75, 3.05) is 20.3 Å². The molecule has 0 saturated heterocycles. The topological polar surface area (TPSA) is 49.9 Å². The minimum absolute atomic E-state index is 0.269. The lowest BCUT2D eigenvalue weighted by Gasteiger charge is -2.07. The smallest absolute Gasteiger partial charge is 0.124 e. The fourth-order valence-corrected chi connectivity index (χ4v) is 2.32. The van der Waals surface area contributed by atoms with E-state index in [9.17, 15) is 4.39 Å². The Morgan fingerprint density at radius 2 is 2.32 bits per heavy atom. The zero-order valence-electron chi connectivity index (χ0n) is 10.5. The first kappa shape index (κ1) is 14.2. The molecule has 0 bridgehead atoms. The molecule has 2 aromatic rings. The monoisotopic (exact) mass is 327 g/mol. The zero-order valence-corrected chi connectivity index (χ0v) is 12.1. The van der Waals surface area contributed by atoms with Crippen LogP contribution in [-0.4, -0.2) is 30.5 Å². The first-order chi connectivity index (χ1) is 9.22. The largest absolute Gasteiger partial charge is 0.383 e. The molecule has 0 radical (unpaired) electrons. The number of rotatable bonds is 6. The number of nitrogens with zero attached hydrogens (tertiary/aromatic N) is 1. The van der Waals surface area contributed by atoms with E-state index in [1.54, 1.807) is 19.4 Å². The molecule has 102 valence electrons. The van der Waals surface area contributed by atoms with E-state index < -0.39 is 0 Å². The van der Waals surface area contributed by atoms with E-state index in [0.29, 0.717) is 17.6 Å². The van der Waals surface area contributed by atoms with Crippen LogP contribution in [0.4, 0.5) is 4.39 Å². The van der Waals surface area contributed by atoms with Gasteiger partial charge in [0.2, 0.25) is 0 Å². The number of nitrogens with one attached hydrogen (secondary N) is 2. The number of hydrogen-bond donors (Lipinski definition) is 2. The number of H-pyrrole nitrogens is 1. The third-order valence-corrected chi connectivity index (χ3v) is 3.37. The summed E-state index contributed by atoms with van der Waals surface area (Å²) < 4.78 is 18.8. The highest BCUT2D eigenvalue weighted by Crippen LogP contribution is 2.29. The Morgan fingerprint density at radius 1 is 1.47 bits per heavy atom. The summed E-state index contributed by atoms with van der Waals surface area (Å²) in [6.07, 6.45) is 1.77. The summed E-state index contributed by atoms with van der Waals surface area (Å²) in [5.41, 5.74) is 2.81. The predicted molar refractivity (Wildman–Crippen MR) is 75.3 cm³/mol. The number of halogens is 2. The number of methoxy groups -OCH3 is 1. The summed E-state index contributed by atoms with van der Waals surface area (Å²) in [6, 6.07) is 4.60. The van der Waals surface area contributed by atoms with Crippen LogP contribution in [0.3, 0.4) is 0 Å². The van der Waals surface area contributed by atoms with Crippen LogP contribution in [0.25, 0.3) is 11.3 Å². The highest BCUT2D eigenvalue weighted by atomic mass is 79.9. The molecule has 0 spiro atoms. The average Bonchev–Trinajstić information content (AvgIpc) is 2.83. The van der Waals surface area contributed by atoms with Gasteiger partial charge in [-0.15, -0.1) is 0 Å². The molecule has 0 saturated carbocycles.